The minimum atomic E-state index is 0.533. The zero-order valence-corrected chi connectivity index (χ0v) is 23.7. The second-order valence-electron chi connectivity index (χ2n) is 10.1. The molecule has 0 atom stereocenters. The summed E-state index contributed by atoms with van der Waals surface area (Å²) < 4.78 is 14.2. The van der Waals surface area contributed by atoms with E-state index in [4.69, 9.17) is 26.1 Å². The molecule has 0 N–H and O–H groups in total. The minimum absolute atomic E-state index is 0.533. The molecule has 0 bridgehead atoms. The van der Waals surface area contributed by atoms with E-state index in [0.717, 1.165) is 78.4 Å². The van der Waals surface area contributed by atoms with Gasteiger partial charge in [-0.05, 0) is 98.6 Å². The first-order valence-electron chi connectivity index (χ1n) is 14.2. The van der Waals surface area contributed by atoms with E-state index in [0.29, 0.717) is 12.5 Å². The molecule has 0 saturated heterocycles. The van der Waals surface area contributed by atoms with E-state index in [9.17, 15) is 0 Å². The summed E-state index contributed by atoms with van der Waals surface area (Å²) in [5, 5.41) is 0.755. The van der Waals surface area contributed by atoms with Crippen LogP contribution in [0.4, 0.5) is 0 Å². The molecule has 39 heavy (non-hydrogen) atoms. The van der Waals surface area contributed by atoms with Crippen molar-refractivity contribution in [3.8, 4) is 28.4 Å². The first kappa shape index (κ1) is 27.3. The largest absolute Gasteiger partial charge is 0.494 e. The zero-order chi connectivity index (χ0) is 27.0. The lowest BCUT2D eigenvalue weighted by molar-refractivity contribution is 0.249. The van der Waals surface area contributed by atoms with Gasteiger partial charge in [-0.25, -0.2) is 4.98 Å². The van der Waals surface area contributed by atoms with Gasteiger partial charge in [0.15, 0.2) is 0 Å². The molecule has 1 aliphatic rings. The first-order valence-corrected chi connectivity index (χ1v) is 14.5. The molecule has 6 heteroatoms. The summed E-state index contributed by atoms with van der Waals surface area (Å²) in [6.07, 6.45) is 6.43. The van der Waals surface area contributed by atoms with Gasteiger partial charge in [0.1, 0.15) is 17.3 Å². The van der Waals surface area contributed by atoms with Crippen molar-refractivity contribution < 1.29 is 9.47 Å². The summed E-state index contributed by atoms with van der Waals surface area (Å²) >= 11 is 5.97. The highest BCUT2D eigenvalue weighted by molar-refractivity contribution is 6.30. The lowest BCUT2D eigenvalue weighted by atomic mass is 10.1. The molecule has 4 aromatic rings. The molecule has 1 saturated carbocycles. The van der Waals surface area contributed by atoms with Crippen molar-refractivity contribution in [2.75, 3.05) is 32.8 Å². The van der Waals surface area contributed by atoms with Gasteiger partial charge < -0.3 is 18.9 Å². The fraction of sp³-hybridized carbons (Fsp3) is 0.364. The third kappa shape index (κ3) is 7.43. The molecular weight excluding hydrogens is 506 g/mol. The van der Waals surface area contributed by atoms with Crippen molar-refractivity contribution >= 4 is 11.6 Å². The van der Waals surface area contributed by atoms with Gasteiger partial charge in [-0.15, -0.1) is 0 Å². The van der Waals surface area contributed by atoms with Crippen LogP contribution in [0, 0.1) is 0 Å². The van der Waals surface area contributed by atoms with E-state index < -0.39 is 0 Å². The number of imidazole rings is 1. The summed E-state index contributed by atoms with van der Waals surface area (Å²) in [5.74, 6) is 3.45. The molecule has 1 aliphatic carbocycles. The molecule has 0 radical (unpaired) electrons. The molecule has 0 spiro atoms. The maximum Gasteiger partial charge on any atom is 0.119 e. The van der Waals surface area contributed by atoms with Crippen LogP contribution in [0.1, 0.15) is 50.4 Å². The molecule has 1 heterocycles. The van der Waals surface area contributed by atoms with Crippen molar-refractivity contribution in [3.05, 3.63) is 95.4 Å². The lowest BCUT2D eigenvalue weighted by Crippen LogP contribution is -2.25. The molecular formula is C33H38ClN3O2. The SMILES string of the molecule is CCN(CC)CCCOc1ccc(-n2cc(-c3ccc(OCCc4ccc(Cl)cc4)cc3)nc2C2CC2)cc1. The van der Waals surface area contributed by atoms with Gasteiger partial charge in [0.2, 0.25) is 0 Å². The molecule has 0 unspecified atom stereocenters. The van der Waals surface area contributed by atoms with Crippen LogP contribution < -0.4 is 9.47 Å². The van der Waals surface area contributed by atoms with Crippen LogP contribution in [0.25, 0.3) is 16.9 Å². The quantitative estimate of drug-likeness (QED) is 0.152. The van der Waals surface area contributed by atoms with Gasteiger partial charge in [-0.1, -0.05) is 37.6 Å². The number of aromatic nitrogens is 2. The summed E-state index contributed by atoms with van der Waals surface area (Å²) in [5.41, 5.74) is 4.41. The van der Waals surface area contributed by atoms with Crippen molar-refractivity contribution in [1.29, 1.82) is 0 Å². The Hall–Kier alpha value is -3.28. The fourth-order valence-corrected chi connectivity index (χ4v) is 4.88. The van der Waals surface area contributed by atoms with Gasteiger partial charge in [-0.3, -0.25) is 0 Å². The highest BCUT2D eigenvalue weighted by atomic mass is 35.5. The molecule has 1 fully saturated rings. The van der Waals surface area contributed by atoms with Crippen LogP contribution in [-0.2, 0) is 6.42 Å². The Labute approximate surface area is 237 Å². The molecule has 1 aromatic heterocycles. The van der Waals surface area contributed by atoms with E-state index in [-0.39, 0.29) is 0 Å². The van der Waals surface area contributed by atoms with Crippen molar-refractivity contribution in [1.82, 2.24) is 14.5 Å². The summed E-state index contributed by atoms with van der Waals surface area (Å²) in [6, 6.07) is 24.6. The average Bonchev–Trinajstić information content (AvgIpc) is 3.73. The van der Waals surface area contributed by atoms with Gasteiger partial charge in [0.25, 0.3) is 0 Å². The Morgan fingerprint density at radius 2 is 1.49 bits per heavy atom. The summed E-state index contributed by atoms with van der Waals surface area (Å²) in [6.45, 7) is 9.01. The zero-order valence-electron chi connectivity index (χ0n) is 23.0. The highest BCUT2D eigenvalue weighted by Crippen LogP contribution is 2.41. The van der Waals surface area contributed by atoms with E-state index >= 15 is 0 Å². The highest BCUT2D eigenvalue weighted by Gasteiger charge is 2.29. The number of rotatable bonds is 14. The Morgan fingerprint density at radius 3 is 2.13 bits per heavy atom. The first-order chi connectivity index (χ1) is 19.1. The van der Waals surface area contributed by atoms with E-state index in [1.54, 1.807) is 0 Å². The molecule has 5 rings (SSSR count). The molecule has 204 valence electrons. The van der Waals surface area contributed by atoms with Crippen molar-refractivity contribution in [3.63, 3.8) is 0 Å². The van der Waals surface area contributed by atoms with Crippen molar-refractivity contribution in [2.24, 2.45) is 0 Å². The Balaban J connectivity index is 1.20. The smallest absolute Gasteiger partial charge is 0.119 e. The monoisotopic (exact) mass is 543 g/mol. The number of hydrogen-bond donors (Lipinski definition) is 0. The van der Waals surface area contributed by atoms with Crippen LogP contribution in [0.3, 0.4) is 0 Å². The van der Waals surface area contributed by atoms with E-state index in [2.05, 4.69) is 65.9 Å². The maximum absolute atomic E-state index is 6.00. The van der Waals surface area contributed by atoms with Gasteiger partial charge in [0, 0.05) is 41.4 Å². The van der Waals surface area contributed by atoms with Gasteiger partial charge in [-0.2, -0.15) is 0 Å². The van der Waals surface area contributed by atoms with Gasteiger partial charge >= 0.3 is 0 Å². The van der Waals surface area contributed by atoms with Crippen LogP contribution in [0.15, 0.2) is 79.0 Å². The minimum Gasteiger partial charge on any atom is -0.494 e. The van der Waals surface area contributed by atoms with E-state index in [1.165, 1.54) is 18.4 Å². The Kier molecular flexibility index (Phi) is 9.23. The number of nitrogens with zero attached hydrogens (tertiary/aromatic N) is 3. The third-order valence-corrected chi connectivity index (χ3v) is 7.55. The second kappa shape index (κ2) is 13.2. The fourth-order valence-electron chi connectivity index (χ4n) is 4.75. The number of ether oxygens (including phenoxy) is 2. The standard InChI is InChI=1S/C33H38ClN3O2/c1-3-36(4-2)21-5-22-38-31-18-14-29(15-19-31)37-24-32(35-33(37)27-8-9-27)26-10-16-30(17-11-26)39-23-20-25-6-12-28(34)13-7-25/h6-7,10-19,24,27H,3-5,8-9,20-23H2,1-2H3. The lowest BCUT2D eigenvalue weighted by Gasteiger charge is -2.17. The molecule has 0 amide bonds. The molecule has 0 aliphatic heterocycles. The predicted molar refractivity (Wildman–Crippen MR) is 160 cm³/mol. The number of benzene rings is 3. The summed E-state index contributed by atoms with van der Waals surface area (Å²) in [4.78, 5) is 7.47. The molecule has 5 nitrogen and oxygen atoms in total. The number of hydrogen-bond acceptors (Lipinski definition) is 4. The van der Waals surface area contributed by atoms with Crippen LogP contribution in [-0.4, -0.2) is 47.3 Å². The second-order valence-corrected chi connectivity index (χ2v) is 10.5. The van der Waals surface area contributed by atoms with Crippen LogP contribution in [0.2, 0.25) is 5.02 Å². The molecule has 3 aromatic carbocycles. The number of halogens is 1. The third-order valence-electron chi connectivity index (χ3n) is 7.30. The van der Waals surface area contributed by atoms with Crippen LogP contribution in [0.5, 0.6) is 11.5 Å². The topological polar surface area (TPSA) is 39.5 Å². The normalized spacial score (nSPS) is 13.1. The van der Waals surface area contributed by atoms with Crippen molar-refractivity contribution in [2.45, 2.75) is 45.4 Å². The average molecular weight is 544 g/mol. The van der Waals surface area contributed by atoms with E-state index in [1.807, 2.05) is 36.4 Å². The Bertz CT molecular complexity index is 1310. The van der Waals surface area contributed by atoms with Crippen LogP contribution >= 0.6 is 11.6 Å². The Morgan fingerprint density at radius 1 is 0.846 bits per heavy atom. The van der Waals surface area contributed by atoms with Gasteiger partial charge in [0.05, 0.1) is 18.9 Å². The summed E-state index contributed by atoms with van der Waals surface area (Å²) in [7, 11) is 0. The maximum atomic E-state index is 6.00. The predicted octanol–water partition coefficient (Wildman–Crippen LogP) is 7.80.